The van der Waals surface area contributed by atoms with Crippen molar-refractivity contribution in [3.05, 3.63) is 58.1 Å². The summed E-state index contributed by atoms with van der Waals surface area (Å²) in [6, 6.07) is 11.0. The second-order valence-corrected chi connectivity index (χ2v) is 7.14. The lowest BCUT2D eigenvalue weighted by Crippen LogP contribution is -2.14. The Kier molecular flexibility index (Phi) is 4.87. The van der Waals surface area contributed by atoms with Gasteiger partial charge in [-0.05, 0) is 53.2 Å². The fourth-order valence-electron chi connectivity index (χ4n) is 1.77. The van der Waals surface area contributed by atoms with Crippen molar-refractivity contribution in [3.63, 3.8) is 0 Å². The summed E-state index contributed by atoms with van der Waals surface area (Å²) in [4.78, 5) is 11.7. The molecule has 0 bridgehead atoms. The first kappa shape index (κ1) is 16.5. The molecule has 22 heavy (non-hydrogen) atoms. The van der Waals surface area contributed by atoms with Crippen molar-refractivity contribution in [1.29, 1.82) is 0 Å². The average Bonchev–Trinajstić information content (AvgIpc) is 2.49. The van der Waals surface area contributed by atoms with Gasteiger partial charge in [0.1, 0.15) is 0 Å². The van der Waals surface area contributed by atoms with E-state index < -0.39 is 16.0 Å². The quantitative estimate of drug-likeness (QED) is 0.821. The summed E-state index contributed by atoms with van der Waals surface area (Å²) < 4.78 is 32.3. The molecule has 0 aliphatic rings. The zero-order chi connectivity index (χ0) is 16.3. The van der Waals surface area contributed by atoms with E-state index in [-0.39, 0.29) is 16.1 Å². The van der Waals surface area contributed by atoms with Gasteiger partial charge in [0.05, 0.1) is 23.3 Å². The lowest BCUT2D eigenvalue weighted by molar-refractivity contribution is 0.0600. The van der Waals surface area contributed by atoms with Crippen LogP contribution in [0.15, 0.2) is 51.8 Å². The van der Waals surface area contributed by atoms with E-state index in [0.717, 1.165) is 5.56 Å². The molecule has 0 aliphatic heterocycles. The second kappa shape index (κ2) is 6.50. The Morgan fingerprint density at radius 2 is 1.77 bits per heavy atom. The molecule has 0 amide bonds. The van der Waals surface area contributed by atoms with Gasteiger partial charge in [-0.3, -0.25) is 4.72 Å². The van der Waals surface area contributed by atoms with Crippen LogP contribution >= 0.6 is 15.9 Å². The van der Waals surface area contributed by atoms with Crippen molar-refractivity contribution in [2.75, 3.05) is 11.8 Å². The SMILES string of the molecule is COC(=O)c1ccc(Br)c(NS(=O)(=O)c2ccc(C)cc2)c1. The molecule has 0 unspecified atom stereocenters. The summed E-state index contributed by atoms with van der Waals surface area (Å²) in [7, 11) is -2.47. The third-order valence-electron chi connectivity index (χ3n) is 2.96. The van der Waals surface area contributed by atoms with E-state index >= 15 is 0 Å². The summed E-state index contributed by atoms with van der Waals surface area (Å²) in [5.41, 5.74) is 1.49. The minimum atomic E-state index is -3.73. The maximum absolute atomic E-state index is 12.4. The van der Waals surface area contributed by atoms with Gasteiger partial charge in [0.2, 0.25) is 0 Å². The van der Waals surface area contributed by atoms with Gasteiger partial charge in [-0.25, -0.2) is 13.2 Å². The lowest BCUT2D eigenvalue weighted by atomic mass is 10.2. The van der Waals surface area contributed by atoms with Gasteiger partial charge in [0.15, 0.2) is 0 Å². The van der Waals surface area contributed by atoms with Gasteiger partial charge in [-0.15, -0.1) is 0 Å². The lowest BCUT2D eigenvalue weighted by Gasteiger charge is -2.11. The van der Waals surface area contributed by atoms with E-state index in [0.29, 0.717) is 4.47 Å². The first-order valence-corrected chi connectivity index (χ1v) is 8.58. The molecule has 2 aromatic rings. The Balaban J connectivity index is 2.37. The summed E-state index contributed by atoms with van der Waals surface area (Å²) in [5, 5.41) is 0. The number of hydrogen-bond acceptors (Lipinski definition) is 4. The number of methoxy groups -OCH3 is 1. The van der Waals surface area contributed by atoms with Gasteiger partial charge >= 0.3 is 5.97 Å². The smallest absolute Gasteiger partial charge is 0.337 e. The molecule has 0 fully saturated rings. The highest BCUT2D eigenvalue weighted by Crippen LogP contribution is 2.26. The molecule has 0 spiro atoms. The van der Waals surface area contributed by atoms with Crippen LogP contribution in [-0.2, 0) is 14.8 Å². The summed E-state index contributed by atoms with van der Waals surface area (Å²) in [6.45, 7) is 1.88. The molecular formula is C15H14BrNO4S. The minimum absolute atomic E-state index is 0.147. The summed E-state index contributed by atoms with van der Waals surface area (Å²) >= 11 is 3.26. The Hall–Kier alpha value is -1.86. The number of aryl methyl sites for hydroxylation is 1. The van der Waals surface area contributed by atoms with E-state index in [4.69, 9.17) is 0 Å². The molecular weight excluding hydrogens is 370 g/mol. The maximum Gasteiger partial charge on any atom is 0.337 e. The Morgan fingerprint density at radius 1 is 1.14 bits per heavy atom. The van der Waals surface area contributed by atoms with Gasteiger partial charge < -0.3 is 4.74 Å². The van der Waals surface area contributed by atoms with Crippen molar-refractivity contribution >= 4 is 37.6 Å². The second-order valence-electron chi connectivity index (χ2n) is 4.60. The molecule has 0 saturated carbocycles. The molecule has 0 aliphatic carbocycles. The van der Waals surface area contributed by atoms with Crippen LogP contribution in [0.4, 0.5) is 5.69 Å². The third kappa shape index (κ3) is 3.66. The number of benzene rings is 2. The molecule has 5 nitrogen and oxygen atoms in total. The Labute approximate surface area is 137 Å². The molecule has 116 valence electrons. The highest BCUT2D eigenvalue weighted by atomic mass is 79.9. The minimum Gasteiger partial charge on any atom is -0.465 e. The van der Waals surface area contributed by atoms with Crippen molar-refractivity contribution in [1.82, 2.24) is 0 Å². The highest BCUT2D eigenvalue weighted by molar-refractivity contribution is 9.10. The number of halogens is 1. The molecule has 0 aromatic heterocycles. The van der Waals surface area contributed by atoms with Crippen molar-refractivity contribution < 1.29 is 17.9 Å². The number of nitrogens with one attached hydrogen (secondary N) is 1. The van der Waals surface area contributed by atoms with Gasteiger partial charge in [-0.2, -0.15) is 0 Å². The van der Waals surface area contributed by atoms with Gasteiger partial charge in [0.25, 0.3) is 10.0 Å². The zero-order valence-corrected chi connectivity index (χ0v) is 14.4. The van der Waals surface area contributed by atoms with Crippen LogP contribution in [0.2, 0.25) is 0 Å². The van der Waals surface area contributed by atoms with Crippen LogP contribution in [0.25, 0.3) is 0 Å². The molecule has 7 heteroatoms. The third-order valence-corrected chi connectivity index (χ3v) is 5.04. The van der Waals surface area contributed by atoms with Crippen LogP contribution in [0.1, 0.15) is 15.9 Å². The fourth-order valence-corrected chi connectivity index (χ4v) is 3.32. The zero-order valence-electron chi connectivity index (χ0n) is 12.0. The number of hydrogen-bond donors (Lipinski definition) is 1. The van der Waals surface area contributed by atoms with Crippen molar-refractivity contribution in [2.45, 2.75) is 11.8 Å². The van der Waals surface area contributed by atoms with Crippen molar-refractivity contribution in [3.8, 4) is 0 Å². The predicted molar refractivity (Wildman–Crippen MR) is 87.5 cm³/mol. The largest absolute Gasteiger partial charge is 0.465 e. The first-order chi connectivity index (χ1) is 10.3. The number of esters is 1. The normalized spacial score (nSPS) is 11.0. The molecule has 2 rings (SSSR count). The van der Waals surface area contributed by atoms with E-state index in [9.17, 15) is 13.2 Å². The highest BCUT2D eigenvalue weighted by Gasteiger charge is 2.17. The summed E-state index contributed by atoms with van der Waals surface area (Å²) in [5.74, 6) is -0.539. The molecule has 1 N–H and O–H groups in total. The molecule has 0 atom stereocenters. The van der Waals surface area contributed by atoms with E-state index in [2.05, 4.69) is 25.4 Å². The van der Waals surface area contributed by atoms with Crippen LogP contribution in [0.5, 0.6) is 0 Å². The molecule has 0 saturated heterocycles. The van der Waals surface area contributed by atoms with Gasteiger partial charge in [-0.1, -0.05) is 17.7 Å². The average molecular weight is 384 g/mol. The number of anilines is 1. The Morgan fingerprint density at radius 3 is 2.36 bits per heavy atom. The molecule has 0 heterocycles. The number of carbonyl (C=O) groups is 1. The first-order valence-electron chi connectivity index (χ1n) is 6.31. The fraction of sp³-hybridized carbons (Fsp3) is 0.133. The predicted octanol–water partition coefficient (Wildman–Crippen LogP) is 3.34. The maximum atomic E-state index is 12.4. The van der Waals surface area contributed by atoms with E-state index in [1.165, 1.54) is 25.3 Å². The number of carbonyl (C=O) groups excluding carboxylic acids is 1. The Bertz CT molecular complexity index is 801. The number of rotatable bonds is 4. The number of sulfonamides is 1. The summed E-state index contributed by atoms with van der Waals surface area (Å²) in [6.07, 6.45) is 0. The monoisotopic (exact) mass is 383 g/mol. The van der Waals surface area contributed by atoms with Crippen LogP contribution in [-0.4, -0.2) is 21.5 Å². The van der Waals surface area contributed by atoms with Crippen LogP contribution in [0, 0.1) is 6.92 Å². The standard InChI is InChI=1S/C15H14BrNO4S/c1-10-3-6-12(7-4-10)22(19,20)17-14-9-11(15(18)21-2)5-8-13(14)16/h3-9,17H,1-2H3. The van der Waals surface area contributed by atoms with Crippen LogP contribution < -0.4 is 4.72 Å². The van der Waals surface area contributed by atoms with Gasteiger partial charge in [0, 0.05) is 4.47 Å². The molecule has 0 radical (unpaired) electrons. The van der Waals surface area contributed by atoms with E-state index in [1.54, 1.807) is 24.3 Å². The van der Waals surface area contributed by atoms with Crippen molar-refractivity contribution in [2.24, 2.45) is 0 Å². The topological polar surface area (TPSA) is 72.5 Å². The van der Waals surface area contributed by atoms with Crippen LogP contribution in [0.3, 0.4) is 0 Å². The molecule has 2 aromatic carbocycles. The number of ether oxygens (including phenoxy) is 1. The van der Waals surface area contributed by atoms with E-state index in [1.807, 2.05) is 6.92 Å².